The Bertz CT molecular complexity index is 764. The van der Waals surface area contributed by atoms with E-state index in [1.165, 1.54) is 0 Å². The van der Waals surface area contributed by atoms with Crippen LogP contribution < -0.4 is 0 Å². The molecule has 1 saturated carbocycles. The van der Waals surface area contributed by atoms with Crippen molar-refractivity contribution in [2.45, 2.75) is 76.1 Å². The highest BCUT2D eigenvalue weighted by Gasteiger charge is 2.70. The van der Waals surface area contributed by atoms with Crippen molar-refractivity contribution in [1.29, 1.82) is 0 Å². The van der Waals surface area contributed by atoms with E-state index in [4.69, 9.17) is 4.74 Å². The van der Waals surface area contributed by atoms with Crippen LogP contribution in [0.1, 0.15) is 52.9 Å². The minimum Gasteiger partial charge on any atom is -0.451 e. The fraction of sp³-hybridized carbons (Fsp3) is 0.824. The molecule has 0 aromatic rings. The molecule has 1 saturated heterocycles. The number of sulfonamides is 1. The lowest BCUT2D eigenvalue weighted by Crippen LogP contribution is -2.75. The molecule has 6 nitrogen and oxygen atoms in total. The first-order valence-electron chi connectivity index (χ1n) is 8.91. The molecule has 0 aromatic carbocycles. The second-order valence-electron chi connectivity index (χ2n) is 8.64. The van der Waals surface area contributed by atoms with Gasteiger partial charge in [0.15, 0.2) is 5.60 Å². The van der Waals surface area contributed by atoms with Crippen LogP contribution in [0.25, 0.3) is 0 Å². The van der Waals surface area contributed by atoms with Crippen molar-refractivity contribution in [3.63, 3.8) is 0 Å². The molecule has 10 heteroatoms. The summed E-state index contributed by atoms with van der Waals surface area (Å²) in [5, 5.41) is 11.1. The predicted molar refractivity (Wildman–Crippen MR) is 89.5 cm³/mol. The van der Waals surface area contributed by atoms with Gasteiger partial charge in [0.1, 0.15) is 6.10 Å². The highest BCUT2D eigenvalue weighted by molar-refractivity contribution is 7.90. The van der Waals surface area contributed by atoms with Gasteiger partial charge in [-0.2, -0.15) is 21.6 Å². The van der Waals surface area contributed by atoms with Gasteiger partial charge in [0.2, 0.25) is 0 Å². The van der Waals surface area contributed by atoms with Gasteiger partial charge in [0.05, 0.1) is 11.5 Å². The number of carbonyl (C=O) groups excluding carboxylic acids is 1. The number of hydrogen-bond acceptors (Lipinski definition) is 5. The average Bonchev–Trinajstić information content (AvgIpc) is 2.53. The normalized spacial score (nSPS) is 33.9. The second-order valence-corrected chi connectivity index (χ2v) is 10.5. The molecular weight excluding hydrogens is 387 g/mol. The van der Waals surface area contributed by atoms with Gasteiger partial charge in [-0.1, -0.05) is 40.0 Å². The van der Waals surface area contributed by atoms with Crippen LogP contribution in [0.5, 0.6) is 0 Å². The van der Waals surface area contributed by atoms with Crippen LogP contribution >= 0.6 is 0 Å². The predicted octanol–water partition coefficient (Wildman–Crippen LogP) is 2.69. The zero-order valence-corrected chi connectivity index (χ0v) is 16.2. The van der Waals surface area contributed by atoms with Crippen molar-refractivity contribution < 1.29 is 36.2 Å². The molecular formula is C17H24F3NO5S. The van der Waals surface area contributed by atoms with Crippen LogP contribution in [-0.2, 0) is 19.6 Å². The molecule has 0 radical (unpaired) electrons. The third-order valence-corrected chi connectivity index (χ3v) is 7.69. The quantitative estimate of drug-likeness (QED) is 0.671. The first kappa shape index (κ1) is 20.4. The SMILES string of the molecule is CC(C)(C)[C@]12C=CN(S(=O)(=O)C(F)(F)F)[C@H]([C@@H]1O)C1(CCCCC1)C(=O)O2. The van der Waals surface area contributed by atoms with Gasteiger partial charge in [-0.15, -0.1) is 0 Å². The van der Waals surface area contributed by atoms with E-state index in [1.54, 1.807) is 20.8 Å². The number of aliphatic hydroxyl groups is 1. The number of esters is 1. The lowest BCUT2D eigenvalue weighted by atomic mass is 9.58. The highest BCUT2D eigenvalue weighted by Crippen LogP contribution is 2.56. The zero-order valence-electron chi connectivity index (χ0n) is 15.4. The first-order chi connectivity index (χ1) is 12.2. The van der Waals surface area contributed by atoms with Crippen LogP contribution in [0.2, 0.25) is 0 Å². The fourth-order valence-corrected chi connectivity index (χ4v) is 5.72. The Morgan fingerprint density at radius 1 is 1.19 bits per heavy atom. The first-order valence-corrected chi connectivity index (χ1v) is 10.4. The Balaban J connectivity index is 2.24. The molecule has 2 aliphatic heterocycles. The monoisotopic (exact) mass is 411 g/mol. The minimum atomic E-state index is -5.78. The Morgan fingerprint density at radius 2 is 1.74 bits per heavy atom. The lowest BCUT2D eigenvalue weighted by Gasteiger charge is -2.60. The van der Waals surface area contributed by atoms with Gasteiger partial charge in [0, 0.05) is 11.6 Å². The van der Waals surface area contributed by atoms with Crippen molar-refractivity contribution in [3.05, 3.63) is 12.3 Å². The number of fused-ring (bicyclic) bond motifs is 3. The number of hydrogen-bond donors (Lipinski definition) is 1. The summed E-state index contributed by atoms with van der Waals surface area (Å²) < 4.78 is 70.2. The summed E-state index contributed by atoms with van der Waals surface area (Å²) in [6, 6.07) is -1.56. The van der Waals surface area contributed by atoms with Crippen LogP contribution in [0.3, 0.4) is 0 Å². The lowest BCUT2D eigenvalue weighted by molar-refractivity contribution is -0.239. The Labute approximate surface area is 156 Å². The van der Waals surface area contributed by atoms with Gasteiger partial charge >= 0.3 is 21.5 Å². The number of carbonyl (C=O) groups is 1. The standard InChI is InChI=1S/C17H24F3NO5S/c1-14(2,3)16-9-10-21(27(24,25)17(18,19)20)11(12(16)22)15(13(23)26-16)7-5-4-6-8-15/h9-12,22H,4-8H2,1-3H3/t11-,12+,16+/m1/s1. The van der Waals surface area contributed by atoms with Crippen molar-refractivity contribution in [3.8, 4) is 0 Å². The Hall–Kier alpha value is -1.29. The van der Waals surface area contributed by atoms with Gasteiger partial charge in [-0.25, -0.2) is 0 Å². The molecule has 3 aliphatic rings. The molecule has 1 aliphatic carbocycles. The van der Waals surface area contributed by atoms with E-state index in [9.17, 15) is 31.5 Å². The molecule has 2 heterocycles. The number of nitrogens with zero attached hydrogens (tertiary/aromatic N) is 1. The second kappa shape index (κ2) is 5.85. The van der Waals surface area contributed by atoms with Gasteiger partial charge in [-0.05, 0) is 18.9 Å². The van der Waals surface area contributed by atoms with Gasteiger partial charge in [-0.3, -0.25) is 9.10 Å². The van der Waals surface area contributed by atoms with E-state index >= 15 is 0 Å². The average molecular weight is 411 g/mol. The zero-order chi connectivity index (χ0) is 20.5. The minimum absolute atomic E-state index is 0.146. The molecule has 0 aromatic heterocycles. The third kappa shape index (κ3) is 2.62. The smallest absolute Gasteiger partial charge is 0.451 e. The summed E-state index contributed by atoms with van der Waals surface area (Å²) in [5.41, 5.74) is -9.50. The molecule has 3 rings (SSSR count). The summed E-state index contributed by atoms with van der Waals surface area (Å²) in [5.74, 6) is -0.737. The van der Waals surface area contributed by atoms with Crippen molar-refractivity contribution in [1.82, 2.24) is 4.31 Å². The van der Waals surface area contributed by atoms with E-state index in [0.717, 1.165) is 18.7 Å². The van der Waals surface area contributed by atoms with E-state index < -0.39 is 50.1 Å². The maximum Gasteiger partial charge on any atom is 0.516 e. The van der Waals surface area contributed by atoms with Crippen molar-refractivity contribution in [2.24, 2.45) is 10.8 Å². The highest BCUT2D eigenvalue weighted by atomic mass is 32.2. The van der Waals surface area contributed by atoms with Crippen LogP contribution in [0, 0.1) is 10.8 Å². The molecule has 0 amide bonds. The molecule has 27 heavy (non-hydrogen) atoms. The fourth-order valence-electron chi connectivity index (χ4n) is 4.64. The van der Waals surface area contributed by atoms with Crippen LogP contribution in [-0.4, -0.2) is 47.1 Å². The Kier molecular flexibility index (Phi) is 4.43. The summed E-state index contributed by atoms with van der Waals surface area (Å²) in [6.45, 7) is 5.03. The van der Waals surface area contributed by atoms with Crippen LogP contribution in [0.4, 0.5) is 13.2 Å². The molecule has 1 N–H and O–H groups in total. The summed E-state index contributed by atoms with van der Waals surface area (Å²) in [7, 11) is -5.78. The number of halogens is 3. The molecule has 1 spiro atoms. The molecule has 3 atom stereocenters. The molecule has 2 bridgehead atoms. The number of rotatable bonds is 1. The third-order valence-electron chi connectivity index (χ3n) is 6.20. The molecule has 2 fully saturated rings. The van der Waals surface area contributed by atoms with E-state index in [2.05, 4.69) is 0 Å². The molecule has 0 unspecified atom stereocenters. The maximum absolute atomic E-state index is 13.3. The van der Waals surface area contributed by atoms with Crippen molar-refractivity contribution in [2.75, 3.05) is 0 Å². The number of aliphatic hydroxyl groups excluding tert-OH is 1. The van der Waals surface area contributed by atoms with Gasteiger partial charge < -0.3 is 9.84 Å². The topological polar surface area (TPSA) is 83.9 Å². The summed E-state index contributed by atoms with van der Waals surface area (Å²) in [6.07, 6.45) is 2.49. The number of alkyl halides is 3. The van der Waals surface area contributed by atoms with Gasteiger partial charge in [0.25, 0.3) is 0 Å². The number of ether oxygens (including phenoxy) is 1. The van der Waals surface area contributed by atoms with Crippen molar-refractivity contribution >= 4 is 16.0 Å². The van der Waals surface area contributed by atoms with E-state index in [1.807, 2.05) is 0 Å². The largest absolute Gasteiger partial charge is 0.516 e. The maximum atomic E-state index is 13.3. The Morgan fingerprint density at radius 3 is 2.22 bits per heavy atom. The summed E-state index contributed by atoms with van der Waals surface area (Å²) >= 11 is 0. The van der Waals surface area contributed by atoms with E-state index in [-0.39, 0.29) is 17.1 Å². The summed E-state index contributed by atoms with van der Waals surface area (Å²) in [4.78, 5) is 13.0. The molecule has 154 valence electrons. The van der Waals surface area contributed by atoms with E-state index in [0.29, 0.717) is 12.8 Å². The van der Waals surface area contributed by atoms with Crippen LogP contribution in [0.15, 0.2) is 12.3 Å².